The third-order valence-corrected chi connectivity index (χ3v) is 7.45. The molecule has 10 heteroatoms. The number of aromatic nitrogens is 1. The van der Waals surface area contributed by atoms with Gasteiger partial charge in [-0.2, -0.15) is 0 Å². The topological polar surface area (TPSA) is 89.3 Å². The van der Waals surface area contributed by atoms with Crippen LogP contribution in [0.4, 0.5) is 5.69 Å². The summed E-state index contributed by atoms with van der Waals surface area (Å²) in [5.41, 5.74) is 0.927. The van der Waals surface area contributed by atoms with Crippen molar-refractivity contribution in [1.82, 2.24) is 5.16 Å². The number of hydrogen-bond donors (Lipinski definition) is 1. The highest BCUT2D eigenvalue weighted by Gasteiger charge is 2.27. The Morgan fingerprint density at radius 3 is 2.57 bits per heavy atom. The predicted molar refractivity (Wildman–Crippen MR) is 111 cm³/mol. The zero-order chi connectivity index (χ0) is 20.5. The maximum Gasteiger partial charge on any atom is 0.261 e. The fraction of sp³-hybridized carbons (Fsp3) is 0.222. The van der Waals surface area contributed by atoms with Crippen LogP contribution in [0.1, 0.15) is 29.5 Å². The molecule has 6 nitrogen and oxygen atoms in total. The third kappa shape index (κ3) is 3.96. The summed E-state index contributed by atoms with van der Waals surface area (Å²) in [6.07, 6.45) is 0.478. The molecule has 1 amide bonds. The first kappa shape index (κ1) is 20.9. The Kier molecular flexibility index (Phi) is 6.14. The Labute approximate surface area is 176 Å². The second-order valence-corrected chi connectivity index (χ2v) is 9.62. The van der Waals surface area contributed by atoms with E-state index in [1.165, 1.54) is 16.7 Å². The van der Waals surface area contributed by atoms with Crippen molar-refractivity contribution in [2.45, 2.75) is 25.2 Å². The van der Waals surface area contributed by atoms with Crippen molar-refractivity contribution < 1.29 is 17.7 Å². The van der Waals surface area contributed by atoms with Gasteiger partial charge in [0.05, 0.1) is 21.5 Å². The van der Waals surface area contributed by atoms with E-state index in [-0.39, 0.29) is 33.4 Å². The lowest BCUT2D eigenvalue weighted by molar-refractivity contribution is 0.102. The quantitative estimate of drug-likeness (QED) is 0.529. The van der Waals surface area contributed by atoms with Crippen LogP contribution in [0.15, 0.2) is 38.4 Å². The van der Waals surface area contributed by atoms with Crippen LogP contribution >= 0.6 is 34.5 Å². The van der Waals surface area contributed by atoms with Crippen LogP contribution in [0.3, 0.4) is 0 Å². The second-order valence-electron chi connectivity index (χ2n) is 5.98. The zero-order valence-electron chi connectivity index (χ0n) is 15.0. The highest BCUT2D eigenvalue weighted by molar-refractivity contribution is 7.91. The first-order valence-corrected chi connectivity index (χ1v) is 11.6. The molecule has 3 rings (SSSR count). The highest BCUT2D eigenvalue weighted by atomic mass is 35.5. The average Bonchev–Trinajstić information content (AvgIpc) is 3.22. The predicted octanol–water partition coefficient (Wildman–Crippen LogP) is 5.45. The summed E-state index contributed by atoms with van der Waals surface area (Å²) in [7, 11) is -3.48. The lowest BCUT2D eigenvalue weighted by atomic mass is 10.1. The molecule has 0 bridgehead atoms. The number of benzene rings is 1. The van der Waals surface area contributed by atoms with Crippen molar-refractivity contribution in [2.75, 3.05) is 11.1 Å². The summed E-state index contributed by atoms with van der Waals surface area (Å²) in [6.45, 7) is 3.36. The zero-order valence-corrected chi connectivity index (χ0v) is 18.1. The summed E-state index contributed by atoms with van der Waals surface area (Å²) in [6, 6.07) is 4.93. The van der Waals surface area contributed by atoms with E-state index in [1.54, 1.807) is 37.4 Å². The van der Waals surface area contributed by atoms with Gasteiger partial charge in [0.1, 0.15) is 21.9 Å². The molecule has 0 aliphatic carbocycles. The molecule has 0 saturated carbocycles. The number of aryl methyl sites for hydroxylation is 1. The van der Waals surface area contributed by atoms with Gasteiger partial charge in [-0.25, -0.2) is 8.42 Å². The Morgan fingerprint density at radius 2 is 1.93 bits per heavy atom. The molecule has 3 aromatic rings. The second kappa shape index (κ2) is 8.24. The van der Waals surface area contributed by atoms with Crippen molar-refractivity contribution in [2.24, 2.45) is 0 Å². The van der Waals surface area contributed by atoms with E-state index in [4.69, 9.17) is 27.7 Å². The number of carbonyl (C=O) groups excluding carboxylic acids is 1. The number of carbonyl (C=O) groups is 1. The summed E-state index contributed by atoms with van der Waals surface area (Å²) >= 11 is 13.7. The largest absolute Gasteiger partial charge is 0.360 e. The van der Waals surface area contributed by atoms with Crippen LogP contribution in [0, 0.1) is 6.92 Å². The molecule has 2 heterocycles. The molecule has 0 spiro atoms. The van der Waals surface area contributed by atoms with E-state index < -0.39 is 15.7 Å². The van der Waals surface area contributed by atoms with Crippen molar-refractivity contribution in [3.8, 4) is 11.3 Å². The first-order chi connectivity index (χ1) is 13.3. The number of nitrogens with zero attached hydrogens (tertiary/aromatic N) is 1. The number of hydrogen-bond acceptors (Lipinski definition) is 6. The van der Waals surface area contributed by atoms with E-state index >= 15 is 0 Å². The number of amides is 1. The lowest BCUT2D eigenvalue weighted by Crippen LogP contribution is -2.16. The van der Waals surface area contributed by atoms with E-state index in [0.717, 1.165) is 0 Å². The summed E-state index contributed by atoms with van der Waals surface area (Å²) in [4.78, 5) is 13.1. The molecule has 148 valence electrons. The van der Waals surface area contributed by atoms with Crippen molar-refractivity contribution >= 4 is 56.0 Å². The normalized spacial score (nSPS) is 11.6. The lowest BCUT2D eigenvalue weighted by Gasteiger charge is -2.09. The van der Waals surface area contributed by atoms with Gasteiger partial charge in [0, 0.05) is 16.3 Å². The van der Waals surface area contributed by atoms with Crippen molar-refractivity contribution in [1.29, 1.82) is 0 Å². The summed E-state index contributed by atoms with van der Waals surface area (Å²) < 4.78 is 30.0. The summed E-state index contributed by atoms with van der Waals surface area (Å²) in [5, 5.41) is 10.3. The van der Waals surface area contributed by atoms with Crippen LogP contribution in [0.2, 0.25) is 10.0 Å². The van der Waals surface area contributed by atoms with Gasteiger partial charge in [0.2, 0.25) is 0 Å². The minimum Gasteiger partial charge on any atom is -0.360 e. The Hall–Kier alpha value is -1.87. The maximum absolute atomic E-state index is 13.0. The molecule has 0 aliphatic rings. The van der Waals surface area contributed by atoms with Crippen LogP contribution in [0.25, 0.3) is 11.3 Å². The van der Waals surface area contributed by atoms with Gasteiger partial charge < -0.3 is 9.84 Å². The van der Waals surface area contributed by atoms with Gasteiger partial charge in [-0.3, -0.25) is 4.79 Å². The van der Waals surface area contributed by atoms with Crippen molar-refractivity contribution in [3.63, 3.8) is 0 Å². The fourth-order valence-corrected chi connectivity index (χ4v) is 5.96. The Bertz CT molecular complexity index is 1120. The third-order valence-electron chi connectivity index (χ3n) is 3.97. The Balaban J connectivity index is 2.01. The SMILES string of the molecule is CCCS(=O)(=O)c1cscc1NC(=O)c1c(-c2c(Cl)cccc2Cl)noc1C. The number of sulfone groups is 1. The van der Waals surface area contributed by atoms with E-state index in [2.05, 4.69) is 10.5 Å². The van der Waals surface area contributed by atoms with Gasteiger partial charge in [0.15, 0.2) is 9.84 Å². The van der Waals surface area contributed by atoms with E-state index in [0.29, 0.717) is 22.0 Å². The molecule has 0 saturated heterocycles. The van der Waals surface area contributed by atoms with E-state index in [9.17, 15) is 13.2 Å². The number of rotatable bonds is 6. The smallest absolute Gasteiger partial charge is 0.261 e. The van der Waals surface area contributed by atoms with Gasteiger partial charge in [-0.1, -0.05) is 41.3 Å². The number of thiophene rings is 1. The van der Waals surface area contributed by atoms with Gasteiger partial charge in [0.25, 0.3) is 5.91 Å². The van der Waals surface area contributed by atoms with Gasteiger partial charge in [-0.15, -0.1) is 11.3 Å². The van der Waals surface area contributed by atoms with Crippen molar-refractivity contribution in [3.05, 3.63) is 50.3 Å². The standard InChI is InChI=1S/C18H16Cl2N2O4S2/c1-3-7-28(24,25)14-9-27-8-13(14)21-18(23)15-10(2)26-22-17(15)16-11(19)5-4-6-12(16)20/h4-6,8-9H,3,7H2,1-2H3,(H,21,23). The monoisotopic (exact) mass is 458 g/mol. The minimum absolute atomic E-state index is 0.000616. The van der Waals surface area contributed by atoms with Crippen LogP contribution in [-0.2, 0) is 9.84 Å². The summed E-state index contributed by atoms with van der Waals surface area (Å²) in [5.74, 6) is -0.299. The maximum atomic E-state index is 13.0. The highest BCUT2D eigenvalue weighted by Crippen LogP contribution is 2.37. The molecular weight excluding hydrogens is 443 g/mol. The number of halogens is 2. The molecule has 0 aliphatic heterocycles. The van der Waals surface area contributed by atoms with Crippen LogP contribution < -0.4 is 5.32 Å². The molecule has 28 heavy (non-hydrogen) atoms. The number of anilines is 1. The molecule has 0 fully saturated rings. The fourth-order valence-electron chi connectivity index (χ4n) is 2.72. The van der Waals surface area contributed by atoms with E-state index in [1.807, 2.05) is 0 Å². The molecule has 1 N–H and O–H groups in total. The first-order valence-electron chi connectivity index (χ1n) is 8.27. The molecule has 0 atom stereocenters. The average molecular weight is 459 g/mol. The molecule has 0 radical (unpaired) electrons. The van der Waals surface area contributed by atoms with Crippen LogP contribution in [0.5, 0.6) is 0 Å². The van der Waals surface area contributed by atoms with Crippen LogP contribution in [-0.4, -0.2) is 25.2 Å². The minimum atomic E-state index is -3.48. The molecule has 1 aromatic carbocycles. The molecule has 2 aromatic heterocycles. The Morgan fingerprint density at radius 1 is 1.25 bits per heavy atom. The molecule has 0 unspecified atom stereocenters. The van der Waals surface area contributed by atoms with Gasteiger partial charge >= 0.3 is 0 Å². The number of nitrogens with one attached hydrogen (secondary N) is 1. The van der Waals surface area contributed by atoms with Gasteiger partial charge in [-0.05, 0) is 25.5 Å². The molecular formula is C18H16Cl2N2O4S2.